The number of hydrogen-bond acceptors (Lipinski definition) is 7. The van der Waals surface area contributed by atoms with Gasteiger partial charge in [-0.2, -0.15) is 18.4 Å². The van der Waals surface area contributed by atoms with Gasteiger partial charge in [0.15, 0.2) is 0 Å². The summed E-state index contributed by atoms with van der Waals surface area (Å²) in [6.07, 6.45) is -5.69. The lowest BCUT2D eigenvalue weighted by Crippen LogP contribution is -2.49. The number of alkyl halides is 3. The van der Waals surface area contributed by atoms with Gasteiger partial charge in [0.1, 0.15) is 5.60 Å². The largest absolute Gasteiger partial charge is 0.417 e. The standard InChI is InChI=1S/C19H17BF3N2O5S/c1-17-12(26)7-18(30-17,4-5-29-31-20)14-13(17)15(27)25(16(14)28)10-3-2-9(8-24)11(6-10)19(21,22)23/h2-3,6,12-14,20,26H,4-5,7H2,1H3/t12-,13-,14+,17?,18?/m0/s1/i20T. The summed E-state index contributed by atoms with van der Waals surface area (Å²) in [5.41, 5.74) is -4.75. The fourth-order valence-electron chi connectivity index (χ4n) is 5.14. The van der Waals surface area contributed by atoms with Crippen molar-refractivity contribution in [3.63, 3.8) is 0 Å². The Hall–Kier alpha value is -2.07. The van der Waals surface area contributed by atoms with Crippen LogP contribution in [0.5, 0.6) is 0 Å². The molecule has 3 fully saturated rings. The van der Waals surface area contributed by atoms with Gasteiger partial charge >= 0.3 is 6.18 Å². The Morgan fingerprint density at radius 2 is 2.16 bits per heavy atom. The molecular formula is C19H17BF3N2O5S. The van der Waals surface area contributed by atoms with Crippen molar-refractivity contribution < 1.29 is 36.8 Å². The van der Waals surface area contributed by atoms with Gasteiger partial charge in [-0.1, -0.05) is 11.9 Å². The number of halogens is 3. The number of amides is 2. The highest BCUT2D eigenvalue weighted by Gasteiger charge is 2.76. The number of nitrogens with zero attached hydrogens (tertiary/aromatic N) is 2. The number of benzene rings is 1. The number of carbonyl (C=O) groups is 2. The first-order chi connectivity index (χ1) is 15.0. The van der Waals surface area contributed by atoms with Crippen molar-refractivity contribution in [2.75, 3.05) is 11.5 Å². The molecule has 4 rings (SSSR count). The predicted octanol–water partition coefficient (Wildman–Crippen LogP) is 1.85. The van der Waals surface area contributed by atoms with Crippen molar-refractivity contribution in [2.45, 2.75) is 43.2 Å². The highest BCUT2D eigenvalue weighted by atomic mass is 32.2. The Kier molecular flexibility index (Phi) is 4.86. The van der Waals surface area contributed by atoms with Crippen molar-refractivity contribution in [3.8, 4) is 6.07 Å². The first kappa shape index (κ1) is 20.8. The number of aliphatic hydroxyl groups is 1. The fourth-order valence-corrected chi connectivity index (χ4v) is 5.32. The number of rotatable bonds is 6. The smallest absolute Gasteiger partial charge is 0.390 e. The van der Waals surface area contributed by atoms with E-state index in [1.165, 1.54) is 13.0 Å². The van der Waals surface area contributed by atoms with Crippen LogP contribution in [-0.4, -0.2) is 49.3 Å². The topological polar surface area (TPSA) is 99.9 Å². The van der Waals surface area contributed by atoms with Crippen LogP contribution in [0.4, 0.5) is 18.9 Å². The summed E-state index contributed by atoms with van der Waals surface area (Å²) < 4.78 is 58.5. The van der Waals surface area contributed by atoms with Crippen molar-refractivity contribution in [3.05, 3.63) is 29.3 Å². The molecule has 2 amide bonds. The molecule has 31 heavy (non-hydrogen) atoms. The van der Waals surface area contributed by atoms with Crippen LogP contribution in [0.1, 0.15) is 30.9 Å². The third-order valence-corrected chi connectivity index (χ3v) is 6.78. The van der Waals surface area contributed by atoms with Gasteiger partial charge in [0.25, 0.3) is 0 Å². The Morgan fingerprint density at radius 3 is 2.81 bits per heavy atom. The second-order valence-corrected chi connectivity index (χ2v) is 8.47. The lowest BCUT2D eigenvalue weighted by atomic mass is 9.66. The molecule has 3 aliphatic rings. The van der Waals surface area contributed by atoms with Crippen LogP contribution in [0.15, 0.2) is 18.2 Å². The van der Waals surface area contributed by atoms with Gasteiger partial charge in [-0.25, -0.2) is 4.90 Å². The molecule has 0 spiro atoms. The Bertz CT molecular complexity index is 1020. The van der Waals surface area contributed by atoms with E-state index < -0.39 is 58.3 Å². The van der Waals surface area contributed by atoms with E-state index in [-0.39, 0.29) is 25.1 Å². The number of anilines is 1. The van der Waals surface area contributed by atoms with E-state index in [0.29, 0.717) is 11.0 Å². The first-order valence-electron chi connectivity index (χ1n) is 9.93. The molecule has 0 saturated carbocycles. The van der Waals surface area contributed by atoms with Gasteiger partial charge in [-0.05, 0) is 26.5 Å². The average molecular weight is 455 g/mol. The van der Waals surface area contributed by atoms with E-state index in [1.54, 1.807) is 0 Å². The zero-order chi connectivity index (χ0) is 23.5. The van der Waals surface area contributed by atoms with Crippen molar-refractivity contribution in [1.29, 1.82) is 6.60 Å². The molecule has 2 bridgehead atoms. The third kappa shape index (κ3) is 3.09. The molecule has 1 radical (unpaired) electrons. The molecule has 7 nitrogen and oxygen atoms in total. The lowest BCUT2D eigenvalue weighted by Gasteiger charge is -2.33. The van der Waals surface area contributed by atoms with Crippen molar-refractivity contribution in [2.24, 2.45) is 11.8 Å². The molecular weight excluding hydrogens is 436 g/mol. The van der Waals surface area contributed by atoms with Crippen LogP contribution in [0, 0.1) is 23.2 Å². The van der Waals surface area contributed by atoms with Gasteiger partial charge in [0.05, 0.1) is 53.0 Å². The maximum atomic E-state index is 13.4. The second-order valence-electron chi connectivity index (χ2n) is 8.05. The molecule has 3 saturated heterocycles. The molecule has 3 aliphatic heterocycles. The molecule has 0 aromatic heterocycles. The summed E-state index contributed by atoms with van der Waals surface area (Å²) in [5.74, 6) is -3.54. The summed E-state index contributed by atoms with van der Waals surface area (Å²) in [4.78, 5) is 27.3. The number of nitriles is 1. The number of fused-ring (bicyclic) bond motifs is 5. The SMILES string of the molecule is [3H][B]SOCCC12C[C@H](O)C(C)(O1)[C@@H]1C(=O)N(c3ccc(C#N)c(C(F)(F)F)c3)C(=O)[C@@H]12. The monoisotopic (exact) mass is 455 g/mol. The molecule has 163 valence electrons. The number of carbonyl (C=O) groups excluding carboxylic acids is 2. The zero-order valence-electron chi connectivity index (χ0n) is 17.2. The quantitative estimate of drug-likeness (QED) is 0.303. The predicted molar refractivity (Wildman–Crippen MR) is 104 cm³/mol. The van der Waals surface area contributed by atoms with Crippen LogP contribution < -0.4 is 4.90 Å². The van der Waals surface area contributed by atoms with Crippen LogP contribution in [0.2, 0.25) is 0 Å². The molecule has 1 aromatic rings. The summed E-state index contributed by atoms with van der Waals surface area (Å²) in [5, 5.41) is 19.6. The average Bonchev–Trinajstić information content (AvgIpc) is 3.26. The normalized spacial score (nSPS) is 34.6. The summed E-state index contributed by atoms with van der Waals surface area (Å²) >= 11 is 0.774. The maximum Gasteiger partial charge on any atom is 0.417 e. The molecule has 0 aliphatic carbocycles. The van der Waals surface area contributed by atoms with E-state index in [2.05, 4.69) is 0 Å². The number of ether oxygens (including phenoxy) is 1. The number of hydrogen-bond donors (Lipinski definition) is 1. The number of aliphatic hydroxyl groups excluding tert-OH is 1. The van der Waals surface area contributed by atoms with Crippen LogP contribution in [0.25, 0.3) is 0 Å². The maximum absolute atomic E-state index is 13.4. The van der Waals surface area contributed by atoms with Crippen LogP contribution in [-0.2, 0) is 24.7 Å². The van der Waals surface area contributed by atoms with Crippen LogP contribution in [0.3, 0.4) is 0 Å². The molecule has 5 atom stereocenters. The zero-order valence-corrected chi connectivity index (χ0v) is 17.0. The number of imide groups is 1. The minimum absolute atomic E-state index is 0.0668. The van der Waals surface area contributed by atoms with Crippen LogP contribution >= 0.6 is 11.9 Å². The van der Waals surface area contributed by atoms with E-state index in [1.807, 2.05) is 0 Å². The highest BCUT2D eigenvalue weighted by molar-refractivity contribution is 8.15. The fraction of sp³-hybridized carbons (Fsp3) is 0.526. The Morgan fingerprint density at radius 1 is 1.45 bits per heavy atom. The van der Waals surface area contributed by atoms with Gasteiger partial charge in [0, 0.05) is 12.8 Å². The van der Waals surface area contributed by atoms with E-state index in [9.17, 15) is 27.9 Å². The van der Waals surface area contributed by atoms with Gasteiger partial charge in [-0.3, -0.25) is 9.59 Å². The molecule has 3 heterocycles. The van der Waals surface area contributed by atoms with E-state index >= 15 is 0 Å². The first-order valence-corrected chi connectivity index (χ1v) is 10.2. The molecule has 1 aromatic carbocycles. The third-order valence-electron chi connectivity index (χ3n) is 6.48. The van der Waals surface area contributed by atoms with Gasteiger partial charge in [0.2, 0.25) is 18.9 Å². The van der Waals surface area contributed by atoms with Gasteiger partial charge < -0.3 is 14.0 Å². The minimum Gasteiger partial charge on any atom is -0.390 e. The highest BCUT2D eigenvalue weighted by Crippen LogP contribution is 2.62. The molecule has 1 N–H and O–H groups in total. The summed E-state index contributed by atoms with van der Waals surface area (Å²) in [6.45, 7) is 1.59. The molecule has 12 heteroatoms. The van der Waals surface area contributed by atoms with Gasteiger partial charge in [-0.15, -0.1) is 0 Å². The van der Waals surface area contributed by atoms with Crippen molar-refractivity contribution >= 4 is 36.5 Å². The van der Waals surface area contributed by atoms with E-state index in [4.69, 9.17) is 15.5 Å². The Balaban J connectivity index is 1.72. The summed E-state index contributed by atoms with van der Waals surface area (Å²) in [6, 6.07) is 4.13. The second kappa shape index (κ2) is 7.23. The Labute approximate surface area is 182 Å². The summed E-state index contributed by atoms with van der Waals surface area (Å²) in [7, 11) is 0.971. The van der Waals surface area contributed by atoms with Crippen molar-refractivity contribution in [1.82, 2.24) is 0 Å². The van der Waals surface area contributed by atoms with E-state index in [0.717, 1.165) is 31.1 Å². The minimum atomic E-state index is -4.85. The lowest BCUT2D eigenvalue weighted by molar-refractivity contribution is -0.138. The molecule has 2 unspecified atom stereocenters.